The quantitative estimate of drug-likeness (QED) is 0.841. The minimum atomic E-state index is -1.03. The average molecular weight is 275 g/mol. The van der Waals surface area contributed by atoms with Crippen molar-refractivity contribution >= 4 is 44.5 Å². The second-order valence-corrected chi connectivity index (χ2v) is 3.90. The zero-order chi connectivity index (χ0) is 10.3. The second kappa shape index (κ2) is 3.25. The highest BCUT2D eigenvalue weighted by Crippen LogP contribution is 2.29. The van der Waals surface area contributed by atoms with Crippen LogP contribution in [0.15, 0.2) is 16.7 Å². The highest BCUT2D eigenvalue weighted by molar-refractivity contribution is 9.10. The molecule has 2 rings (SSSR count). The summed E-state index contributed by atoms with van der Waals surface area (Å²) in [5.41, 5.74) is 0.545. The number of carboxylic acid groups (broad SMARTS) is 1. The first kappa shape index (κ1) is 9.48. The molecule has 0 bridgehead atoms. The van der Waals surface area contributed by atoms with E-state index in [1.54, 1.807) is 0 Å². The van der Waals surface area contributed by atoms with Crippen molar-refractivity contribution in [2.75, 3.05) is 0 Å². The number of halogens is 2. The molecule has 0 saturated carbocycles. The standard InChI is InChI=1S/C8H4BrClN2O2/c9-4-2-11-7-3(6(4)10)1-5(12-7)8(13)14/h1-2H,(H,11,12)(H,13,14). The molecule has 0 radical (unpaired) electrons. The molecular weight excluding hydrogens is 271 g/mol. The monoisotopic (exact) mass is 274 g/mol. The van der Waals surface area contributed by atoms with Crippen molar-refractivity contribution < 1.29 is 9.90 Å². The van der Waals surface area contributed by atoms with Crippen LogP contribution in [0.25, 0.3) is 11.0 Å². The van der Waals surface area contributed by atoms with E-state index in [0.717, 1.165) is 0 Å². The number of carboxylic acids is 1. The van der Waals surface area contributed by atoms with Gasteiger partial charge < -0.3 is 10.1 Å². The van der Waals surface area contributed by atoms with Gasteiger partial charge in [-0.25, -0.2) is 9.78 Å². The van der Waals surface area contributed by atoms with Crippen molar-refractivity contribution in [3.8, 4) is 0 Å². The third kappa shape index (κ3) is 1.38. The van der Waals surface area contributed by atoms with Crippen molar-refractivity contribution in [1.29, 1.82) is 0 Å². The van der Waals surface area contributed by atoms with E-state index in [4.69, 9.17) is 16.7 Å². The molecule has 6 heteroatoms. The number of aromatic carboxylic acids is 1. The van der Waals surface area contributed by atoms with E-state index in [1.165, 1.54) is 12.3 Å². The summed E-state index contributed by atoms with van der Waals surface area (Å²) in [5.74, 6) is -1.03. The van der Waals surface area contributed by atoms with Gasteiger partial charge in [-0.15, -0.1) is 0 Å². The third-order valence-corrected chi connectivity index (χ3v) is 3.02. The number of aromatic amines is 1. The number of nitrogens with zero attached hydrogens (tertiary/aromatic N) is 1. The Kier molecular flexibility index (Phi) is 2.20. The SMILES string of the molecule is O=C(O)c1cc2c(Cl)c(Br)cnc2[nH]1. The van der Waals surface area contributed by atoms with Crippen molar-refractivity contribution in [3.05, 3.63) is 27.5 Å². The lowest BCUT2D eigenvalue weighted by atomic mass is 10.3. The number of hydrogen-bond acceptors (Lipinski definition) is 2. The summed E-state index contributed by atoms with van der Waals surface area (Å²) in [7, 11) is 0. The first-order valence-corrected chi connectivity index (χ1v) is 4.82. The molecule has 0 atom stereocenters. The predicted octanol–water partition coefficient (Wildman–Crippen LogP) is 2.68. The largest absolute Gasteiger partial charge is 0.477 e. The first-order chi connectivity index (χ1) is 6.59. The summed E-state index contributed by atoms with van der Waals surface area (Å²) in [6.07, 6.45) is 1.52. The van der Waals surface area contributed by atoms with Gasteiger partial charge in [0.2, 0.25) is 0 Å². The summed E-state index contributed by atoms with van der Waals surface area (Å²) in [6, 6.07) is 1.46. The molecule has 0 aromatic carbocycles. The van der Waals surface area contributed by atoms with Crippen LogP contribution in [0.2, 0.25) is 5.02 Å². The van der Waals surface area contributed by atoms with Gasteiger partial charge in [0.25, 0.3) is 0 Å². The number of H-pyrrole nitrogens is 1. The van der Waals surface area contributed by atoms with Gasteiger partial charge in [0.05, 0.1) is 9.50 Å². The smallest absolute Gasteiger partial charge is 0.352 e. The molecule has 2 heterocycles. The van der Waals surface area contributed by atoms with Crippen molar-refractivity contribution in [3.63, 3.8) is 0 Å². The normalized spacial score (nSPS) is 10.7. The van der Waals surface area contributed by atoms with E-state index < -0.39 is 5.97 Å². The maximum absolute atomic E-state index is 10.7. The molecule has 0 amide bonds. The van der Waals surface area contributed by atoms with Crippen LogP contribution >= 0.6 is 27.5 Å². The highest BCUT2D eigenvalue weighted by Gasteiger charge is 2.11. The number of carbonyl (C=O) groups is 1. The average Bonchev–Trinajstić information content (AvgIpc) is 2.56. The number of fused-ring (bicyclic) bond motifs is 1. The molecule has 0 aliphatic rings. The van der Waals surface area contributed by atoms with E-state index in [2.05, 4.69) is 25.9 Å². The lowest BCUT2D eigenvalue weighted by Gasteiger charge is -1.94. The summed E-state index contributed by atoms with van der Waals surface area (Å²) in [6.45, 7) is 0. The number of aromatic nitrogens is 2. The number of rotatable bonds is 1. The van der Waals surface area contributed by atoms with Gasteiger partial charge in [-0.1, -0.05) is 11.6 Å². The molecule has 0 saturated heterocycles. The van der Waals surface area contributed by atoms with Gasteiger partial charge in [0.15, 0.2) is 0 Å². The Balaban J connectivity index is 2.77. The van der Waals surface area contributed by atoms with Gasteiger partial charge in [-0.3, -0.25) is 0 Å². The van der Waals surface area contributed by atoms with Crippen LogP contribution in [-0.2, 0) is 0 Å². The summed E-state index contributed by atoms with van der Waals surface area (Å²) < 4.78 is 0.641. The van der Waals surface area contributed by atoms with Gasteiger partial charge >= 0.3 is 5.97 Å². The minimum absolute atomic E-state index is 0.0764. The fraction of sp³-hybridized carbons (Fsp3) is 0. The van der Waals surface area contributed by atoms with Crippen molar-refractivity contribution in [2.24, 2.45) is 0 Å². The van der Waals surface area contributed by atoms with Crippen LogP contribution in [0.5, 0.6) is 0 Å². The molecular formula is C8H4BrClN2O2. The fourth-order valence-corrected chi connectivity index (χ4v) is 1.64. The molecule has 72 valence electrons. The maximum Gasteiger partial charge on any atom is 0.352 e. The Hall–Kier alpha value is -1.07. The molecule has 0 aliphatic carbocycles. The summed E-state index contributed by atoms with van der Waals surface area (Å²) in [4.78, 5) is 17.3. The van der Waals surface area contributed by atoms with E-state index in [-0.39, 0.29) is 5.69 Å². The molecule has 14 heavy (non-hydrogen) atoms. The van der Waals surface area contributed by atoms with Gasteiger partial charge in [-0.05, 0) is 22.0 Å². The summed E-state index contributed by atoms with van der Waals surface area (Å²) >= 11 is 9.15. The number of pyridine rings is 1. The first-order valence-electron chi connectivity index (χ1n) is 3.65. The minimum Gasteiger partial charge on any atom is -0.477 e. The van der Waals surface area contributed by atoms with Crippen LogP contribution in [0.4, 0.5) is 0 Å². The van der Waals surface area contributed by atoms with Crippen molar-refractivity contribution in [1.82, 2.24) is 9.97 Å². The topological polar surface area (TPSA) is 66.0 Å². The van der Waals surface area contributed by atoms with Crippen LogP contribution in [0.1, 0.15) is 10.5 Å². The third-order valence-electron chi connectivity index (χ3n) is 1.78. The second-order valence-electron chi connectivity index (χ2n) is 2.67. The van der Waals surface area contributed by atoms with Crippen LogP contribution < -0.4 is 0 Å². The Labute approximate surface area is 92.0 Å². The Morgan fingerprint density at radius 1 is 1.64 bits per heavy atom. The maximum atomic E-state index is 10.7. The Morgan fingerprint density at radius 2 is 2.36 bits per heavy atom. The molecule has 0 fully saturated rings. The van der Waals surface area contributed by atoms with E-state index in [1.807, 2.05) is 0 Å². The van der Waals surface area contributed by atoms with E-state index in [0.29, 0.717) is 20.5 Å². The fourth-order valence-electron chi connectivity index (χ4n) is 1.13. The van der Waals surface area contributed by atoms with Gasteiger partial charge in [-0.2, -0.15) is 0 Å². The molecule has 2 aromatic rings. The van der Waals surface area contributed by atoms with Crippen LogP contribution in [0.3, 0.4) is 0 Å². The van der Waals surface area contributed by atoms with E-state index in [9.17, 15) is 4.79 Å². The lowest BCUT2D eigenvalue weighted by molar-refractivity contribution is 0.0691. The zero-order valence-corrected chi connectivity index (χ0v) is 9.06. The summed E-state index contributed by atoms with van der Waals surface area (Å²) in [5, 5.41) is 9.79. The van der Waals surface area contributed by atoms with Crippen LogP contribution in [-0.4, -0.2) is 21.0 Å². The van der Waals surface area contributed by atoms with E-state index >= 15 is 0 Å². The molecule has 0 aliphatic heterocycles. The molecule has 4 nitrogen and oxygen atoms in total. The molecule has 0 unspecified atom stereocenters. The molecule has 0 spiro atoms. The highest BCUT2D eigenvalue weighted by atomic mass is 79.9. The van der Waals surface area contributed by atoms with Crippen molar-refractivity contribution in [2.45, 2.75) is 0 Å². The molecule has 2 N–H and O–H groups in total. The van der Waals surface area contributed by atoms with Gasteiger partial charge in [0.1, 0.15) is 11.3 Å². The van der Waals surface area contributed by atoms with Gasteiger partial charge in [0, 0.05) is 11.6 Å². The molecule has 2 aromatic heterocycles. The predicted molar refractivity (Wildman–Crippen MR) is 55.8 cm³/mol. The number of nitrogens with one attached hydrogen (secondary N) is 1. The zero-order valence-electron chi connectivity index (χ0n) is 6.71. The lowest BCUT2D eigenvalue weighted by Crippen LogP contribution is -1.94. The number of hydrogen-bond donors (Lipinski definition) is 2. The Morgan fingerprint density at radius 3 is 3.00 bits per heavy atom. The van der Waals surface area contributed by atoms with Crippen LogP contribution in [0, 0.1) is 0 Å². The Bertz CT molecular complexity index is 523.